The van der Waals surface area contributed by atoms with Crippen LogP contribution in [0.15, 0.2) is 29.2 Å². The van der Waals surface area contributed by atoms with Gasteiger partial charge >= 0.3 is 0 Å². The number of fused-ring (bicyclic) bond motifs is 1. The van der Waals surface area contributed by atoms with E-state index in [2.05, 4.69) is 6.92 Å². The molecule has 2 aliphatic heterocycles. The molecule has 0 bridgehead atoms. The fraction of sp³-hybridized carbons (Fsp3) is 0.778. The van der Waals surface area contributed by atoms with Crippen LogP contribution in [0.5, 0.6) is 0 Å². The Labute approximate surface area is 211 Å². The highest BCUT2D eigenvalue weighted by Crippen LogP contribution is 2.46. The second kappa shape index (κ2) is 12.0. The van der Waals surface area contributed by atoms with E-state index in [0.717, 1.165) is 18.4 Å². The fourth-order valence-corrected chi connectivity index (χ4v) is 6.44. The second-order valence-electron chi connectivity index (χ2n) is 10.6. The number of aryl methyl sites for hydroxylation is 1. The molecule has 5 atom stereocenters. The van der Waals surface area contributed by atoms with Crippen molar-refractivity contribution in [3.8, 4) is 0 Å². The lowest BCUT2D eigenvalue weighted by molar-refractivity contribution is -0.281. The summed E-state index contributed by atoms with van der Waals surface area (Å²) in [4.78, 5) is -0.000871. The van der Waals surface area contributed by atoms with E-state index in [1.54, 1.807) is 26.0 Å². The highest BCUT2D eigenvalue weighted by atomic mass is 32.2. The minimum atomic E-state index is -4.13. The quantitative estimate of drug-likeness (QED) is 0.338. The van der Waals surface area contributed by atoms with Gasteiger partial charge in [0.05, 0.1) is 4.90 Å². The van der Waals surface area contributed by atoms with Gasteiger partial charge in [0.2, 0.25) is 9.84 Å². The summed E-state index contributed by atoms with van der Waals surface area (Å²) in [5.41, 5.74) is -0.979. The topological polar surface area (TPSA) is 102 Å². The van der Waals surface area contributed by atoms with Crippen molar-refractivity contribution in [3.63, 3.8) is 0 Å². The van der Waals surface area contributed by atoms with E-state index in [0.29, 0.717) is 6.42 Å². The summed E-state index contributed by atoms with van der Waals surface area (Å²) in [6.45, 7) is 7.51. The Morgan fingerprint density at radius 2 is 1.43 bits per heavy atom. The van der Waals surface area contributed by atoms with Crippen molar-refractivity contribution in [1.29, 1.82) is 0 Å². The molecule has 1 aromatic rings. The molecule has 200 valence electrons. The molecule has 2 N–H and O–H groups in total. The molecule has 1 aromatic carbocycles. The van der Waals surface area contributed by atoms with Gasteiger partial charge in [0.15, 0.2) is 17.0 Å². The van der Waals surface area contributed by atoms with Gasteiger partial charge in [0, 0.05) is 6.42 Å². The van der Waals surface area contributed by atoms with Crippen LogP contribution in [-0.2, 0) is 24.0 Å². The van der Waals surface area contributed by atoms with Crippen molar-refractivity contribution in [2.24, 2.45) is 0 Å². The van der Waals surface area contributed by atoms with Crippen molar-refractivity contribution >= 4 is 9.84 Å². The van der Waals surface area contributed by atoms with E-state index in [4.69, 9.17) is 14.2 Å². The lowest BCUT2D eigenvalue weighted by Gasteiger charge is -2.31. The van der Waals surface area contributed by atoms with Gasteiger partial charge in [-0.15, -0.1) is 0 Å². The van der Waals surface area contributed by atoms with Gasteiger partial charge in [-0.05, 0) is 39.3 Å². The molecule has 2 aliphatic rings. The average molecular weight is 513 g/mol. The zero-order valence-electron chi connectivity index (χ0n) is 21.7. The van der Waals surface area contributed by atoms with Crippen LogP contribution in [-0.4, -0.2) is 54.0 Å². The molecule has 3 rings (SSSR count). The molecule has 7 nitrogen and oxygen atoms in total. The van der Waals surface area contributed by atoms with Crippen molar-refractivity contribution in [3.05, 3.63) is 29.8 Å². The Morgan fingerprint density at radius 1 is 0.886 bits per heavy atom. The Kier molecular flexibility index (Phi) is 9.79. The number of aliphatic hydroxyl groups excluding tert-OH is 1. The van der Waals surface area contributed by atoms with E-state index in [1.807, 2.05) is 6.92 Å². The second-order valence-corrected chi connectivity index (χ2v) is 12.7. The maximum Gasteiger partial charge on any atom is 0.207 e. The summed E-state index contributed by atoms with van der Waals surface area (Å²) < 4.78 is 44.0. The largest absolute Gasteiger partial charge is 0.375 e. The maximum atomic E-state index is 13.1. The third-order valence-corrected chi connectivity index (χ3v) is 8.91. The van der Waals surface area contributed by atoms with Gasteiger partial charge in [-0.1, -0.05) is 82.4 Å². The van der Waals surface area contributed by atoms with Crippen molar-refractivity contribution < 1.29 is 32.8 Å². The number of unbranched alkanes of at least 4 members (excludes halogenated alkanes) is 9. The minimum absolute atomic E-state index is 0.000871. The van der Waals surface area contributed by atoms with Crippen LogP contribution in [0.3, 0.4) is 0 Å². The molecule has 1 unspecified atom stereocenters. The van der Waals surface area contributed by atoms with E-state index >= 15 is 0 Å². The summed E-state index contributed by atoms with van der Waals surface area (Å²) in [5, 5.41) is 22.3. The molecule has 0 aliphatic carbocycles. The first kappa shape index (κ1) is 28.5. The molecule has 0 amide bonds. The zero-order valence-corrected chi connectivity index (χ0v) is 22.6. The average Bonchev–Trinajstić information content (AvgIpc) is 3.26. The SMILES string of the molecule is CCCCCCCCCCCC[C@]1(O)O[C@H](C(O)S(=O)(=O)c2ccc(C)cc2)[C@@H]2OC(C)(C)O[C@@H]21. The molecule has 35 heavy (non-hydrogen) atoms. The first-order valence-electron chi connectivity index (χ1n) is 13.2. The fourth-order valence-electron chi connectivity index (χ4n) is 5.08. The summed E-state index contributed by atoms with van der Waals surface area (Å²) in [5.74, 6) is -2.73. The Bertz CT molecular complexity index is 899. The lowest BCUT2D eigenvalue weighted by Crippen LogP contribution is -2.43. The van der Waals surface area contributed by atoms with Gasteiger partial charge in [-0.3, -0.25) is 0 Å². The number of rotatable bonds is 14. The summed E-state index contributed by atoms with van der Waals surface area (Å²) >= 11 is 0. The third-order valence-electron chi connectivity index (χ3n) is 7.07. The molecule has 0 radical (unpaired) electrons. The van der Waals surface area contributed by atoms with Crippen LogP contribution in [0.4, 0.5) is 0 Å². The first-order valence-corrected chi connectivity index (χ1v) is 14.8. The van der Waals surface area contributed by atoms with Gasteiger partial charge in [-0.25, -0.2) is 8.42 Å². The number of hydrogen-bond donors (Lipinski definition) is 2. The Morgan fingerprint density at radius 3 is 2.00 bits per heavy atom. The van der Waals surface area contributed by atoms with Gasteiger partial charge < -0.3 is 24.4 Å². The van der Waals surface area contributed by atoms with Crippen LogP contribution < -0.4 is 0 Å². The summed E-state index contributed by atoms with van der Waals surface area (Å²) in [6.07, 6.45) is 8.84. The Hall–Kier alpha value is -1.03. The van der Waals surface area contributed by atoms with Crippen molar-refractivity contribution in [2.75, 3.05) is 0 Å². The molecule has 2 saturated heterocycles. The predicted octanol–water partition coefficient (Wildman–Crippen LogP) is 5.01. The van der Waals surface area contributed by atoms with Crippen LogP contribution in [0.25, 0.3) is 0 Å². The van der Waals surface area contributed by atoms with Crippen LogP contribution in [0, 0.1) is 6.92 Å². The van der Waals surface area contributed by atoms with E-state index in [9.17, 15) is 18.6 Å². The summed E-state index contributed by atoms with van der Waals surface area (Å²) in [6, 6.07) is 6.29. The monoisotopic (exact) mass is 512 g/mol. The Balaban J connectivity index is 1.59. The van der Waals surface area contributed by atoms with E-state index < -0.39 is 45.2 Å². The van der Waals surface area contributed by atoms with Crippen molar-refractivity contribution in [1.82, 2.24) is 0 Å². The predicted molar refractivity (Wildman–Crippen MR) is 134 cm³/mol. The number of ether oxygens (including phenoxy) is 3. The number of sulfone groups is 1. The highest BCUT2D eigenvalue weighted by molar-refractivity contribution is 7.92. The first-order chi connectivity index (χ1) is 16.5. The molecular formula is C27H44O7S. The van der Waals surface area contributed by atoms with Crippen LogP contribution >= 0.6 is 0 Å². The molecule has 8 heteroatoms. The third kappa shape index (κ3) is 7.05. The van der Waals surface area contributed by atoms with Crippen LogP contribution in [0.2, 0.25) is 0 Å². The lowest BCUT2D eigenvalue weighted by atomic mass is 9.98. The highest BCUT2D eigenvalue weighted by Gasteiger charge is 2.64. The molecule has 2 heterocycles. The number of benzene rings is 1. The molecule has 0 spiro atoms. The van der Waals surface area contributed by atoms with Crippen molar-refractivity contribution in [2.45, 2.75) is 139 Å². The van der Waals surface area contributed by atoms with Gasteiger partial charge in [-0.2, -0.15) is 0 Å². The summed E-state index contributed by atoms with van der Waals surface area (Å²) in [7, 11) is -4.13. The molecular weight excluding hydrogens is 468 g/mol. The zero-order chi connectivity index (χ0) is 25.7. The molecule has 0 aromatic heterocycles. The molecule has 0 saturated carbocycles. The number of hydrogen-bond acceptors (Lipinski definition) is 7. The normalized spacial score (nSPS) is 28.8. The van der Waals surface area contributed by atoms with E-state index in [-0.39, 0.29) is 11.3 Å². The van der Waals surface area contributed by atoms with E-state index in [1.165, 1.54) is 57.1 Å². The standard InChI is InChI=1S/C27H44O7S/c1-5-6-7-8-9-10-11-12-13-14-19-27(29)24-22(32-26(3,4)34-24)23(33-27)25(28)35(30,31)21-17-15-20(2)16-18-21/h15-18,22-25,28-29H,5-14,19H2,1-4H3/t22-,23-,24-,25?,27-/m0/s1. The molecule has 2 fully saturated rings. The minimum Gasteiger partial charge on any atom is -0.375 e. The van der Waals surface area contributed by atoms with Crippen LogP contribution in [0.1, 0.15) is 97.0 Å². The smallest absolute Gasteiger partial charge is 0.207 e. The number of aliphatic hydroxyl groups is 2. The maximum absolute atomic E-state index is 13.1. The van der Waals surface area contributed by atoms with Gasteiger partial charge in [0.1, 0.15) is 18.3 Å². The van der Waals surface area contributed by atoms with Gasteiger partial charge in [0.25, 0.3) is 0 Å².